The summed E-state index contributed by atoms with van der Waals surface area (Å²) in [7, 11) is 0. The molecule has 23 heavy (non-hydrogen) atoms. The minimum atomic E-state index is 0.187. The van der Waals surface area contributed by atoms with Gasteiger partial charge < -0.3 is 15.4 Å². The number of guanidine groups is 1. The highest BCUT2D eigenvalue weighted by atomic mass is 32.2. The van der Waals surface area contributed by atoms with E-state index in [9.17, 15) is 0 Å². The van der Waals surface area contributed by atoms with Crippen LogP contribution in [-0.2, 0) is 4.74 Å². The molecule has 0 saturated carbocycles. The van der Waals surface area contributed by atoms with Crippen LogP contribution in [0.15, 0.2) is 4.99 Å². The van der Waals surface area contributed by atoms with Crippen LogP contribution >= 0.6 is 11.8 Å². The largest absolute Gasteiger partial charge is 0.377 e. The fourth-order valence-electron chi connectivity index (χ4n) is 3.56. The summed E-state index contributed by atoms with van der Waals surface area (Å²) < 4.78 is 6.08. The highest BCUT2D eigenvalue weighted by Gasteiger charge is 2.35. The summed E-state index contributed by atoms with van der Waals surface area (Å²) in [6, 6.07) is 0.563. The van der Waals surface area contributed by atoms with Crippen molar-refractivity contribution < 1.29 is 4.74 Å². The summed E-state index contributed by atoms with van der Waals surface area (Å²) in [6.07, 6.45) is 5.27. The van der Waals surface area contributed by atoms with Crippen molar-refractivity contribution in [3.63, 3.8) is 0 Å². The quantitative estimate of drug-likeness (QED) is 0.608. The normalized spacial score (nSPS) is 30.1. The van der Waals surface area contributed by atoms with Gasteiger partial charge in [0.25, 0.3) is 0 Å². The molecule has 2 heterocycles. The van der Waals surface area contributed by atoms with Gasteiger partial charge in [-0.1, -0.05) is 20.8 Å². The van der Waals surface area contributed by atoms with Crippen LogP contribution in [0.3, 0.4) is 0 Å². The fraction of sp³-hybridized carbons (Fsp3) is 0.944. The van der Waals surface area contributed by atoms with Crippen LogP contribution in [0.5, 0.6) is 0 Å². The summed E-state index contributed by atoms with van der Waals surface area (Å²) in [5.74, 6) is 4.01. The van der Waals surface area contributed by atoms with Crippen molar-refractivity contribution >= 4 is 17.7 Å². The lowest BCUT2D eigenvalue weighted by Gasteiger charge is -2.39. The highest BCUT2D eigenvalue weighted by molar-refractivity contribution is 7.99. The lowest BCUT2D eigenvalue weighted by molar-refractivity contribution is -0.0823. The maximum Gasteiger partial charge on any atom is 0.191 e. The molecular formula is C18H35N3OS. The molecule has 0 amide bonds. The van der Waals surface area contributed by atoms with Gasteiger partial charge in [-0.3, -0.25) is 4.99 Å². The molecule has 2 saturated heterocycles. The first kappa shape index (κ1) is 18.9. The third-order valence-electron chi connectivity index (χ3n) is 4.63. The molecule has 4 nitrogen and oxygen atoms in total. The Balaban J connectivity index is 1.94. The van der Waals surface area contributed by atoms with Crippen molar-refractivity contribution in [2.24, 2.45) is 16.3 Å². The van der Waals surface area contributed by atoms with Gasteiger partial charge >= 0.3 is 0 Å². The monoisotopic (exact) mass is 341 g/mol. The van der Waals surface area contributed by atoms with Gasteiger partial charge in [-0.2, -0.15) is 11.8 Å². The molecule has 3 unspecified atom stereocenters. The Morgan fingerprint density at radius 2 is 2.09 bits per heavy atom. The Bertz CT molecular complexity index is 375. The minimum Gasteiger partial charge on any atom is -0.377 e. The summed E-state index contributed by atoms with van der Waals surface area (Å²) in [5.41, 5.74) is 0.187. The summed E-state index contributed by atoms with van der Waals surface area (Å²) in [6.45, 7) is 11.6. The first-order valence-electron chi connectivity index (χ1n) is 9.25. The number of nitrogens with one attached hydrogen (secondary N) is 2. The third-order valence-corrected chi connectivity index (χ3v) is 5.84. The van der Waals surface area contributed by atoms with E-state index in [1.165, 1.54) is 30.8 Å². The van der Waals surface area contributed by atoms with E-state index in [4.69, 9.17) is 9.73 Å². The van der Waals surface area contributed by atoms with Gasteiger partial charge in [0.2, 0.25) is 0 Å². The summed E-state index contributed by atoms with van der Waals surface area (Å²) in [5, 5.41) is 7.04. The highest BCUT2D eigenvalue weighted by Crippen LogP contribution is 2.34. The van der Waals surface area contributed by atoms with E-state index in [1.807, 2.05) is 11.8 Å². The standard InChI is InChI=1S/C18H35N3OS/c1-5-19-17(21-15-9-7-11-23-13-15)20-12-14-8-6-10-22-16(14)18(2,3)4/h14-16H,5-13H2,1-4H3,(H2,19,20,21). The average molecular weight is 342 g/mol. The molecule has 0 aromatic rings. The van der Waals surface area contributed by atoms with E-state index in [-0.39, 0.29) is 5.41 Å². The average Bonchev–Trinajstić information content (AvgIpc) is 2.53. The predicted molar refractivity (Wildman–Crippen MR) is 101 cm³/mol. The van der Waals surface area contributed by atoms with E-state index in [0.29, 0.717) is 18.1 Å². The molecule has 0 spiro atoms. The van der Waals surface area contributed by atoms with E-state index in [2.05, 4.69) is 38.3 Å². The van der Waals surface area contributed by atoms with Crippen molar-refractivity contribution in [1.82, 2.24) is 10.6 Å². The van der Waals surface area contributed by atoms with E-state index in [1.54, 1.807) is 0 Å². The predicted octanol–water partition coefficient (Wildman–Crippen LogP) is 3.28. The second kappa shape index (κ2) is 9.16. The number of ether oxygens (including phenoxy) is 1. The maximum atomic E-state index is 6.08. The molecule has 2 N–H and O–H groups in total. The third kappa shape index (κ3) is 6.18. The first-order valence-corrected chi connectivity index (χ1v) is 10.4. The van der Waals surface area contributed by atoms with Crippen LogP contribution in [-0.4, -0.2) is 49.3 Å². The number of hydrogen-bond acceptors (Lipinski definition) is 3. The van der Waals surface area contributed by atoms with Crippen LogP contribution in [0.4, 0.5) is 0 Å². The Labute approximate surface area is 146 Å². The lowest BCUT2D eigenvalue weighted by Crippen LogP contribution is -2.46. The summed E-state index contributed by atoms with van der Waals surface area (Å²) in [4.78, 5) is 4.90. The molecule has 0 aromatic carbocycles. The molecule has 2 fully saturated rings. The fourth-order valence-corrected chi connectivity index (χ4v) is 4.64. The smallest absolute Gasteiger partial charge is 0.191 e. The zero-order valence-electron chi connectivity index (χ0n) is 15.4. The van der Waals surface area contributed by atoms with E-state index >= 15 is 0 Å². The van der Waals surface area contributed by atoms with Crippen LogP contribution in [0, 0.1) is 11.3 Å². The lowest BCUT2D eigenvalue weighted by atomic mass is 9.78. The molecule has 0 aliphatic carbocycles. The number of aliphatic imine (C=N–C) groups is 1. The topological polar surface area (TPSA) is 45.7 Å². The molecule has 5 heteroatoms. The van der Waals surface area contributed by atoms with Crippen molar-refractivity contribution in [3.8, 4) is 0 Å². The zero-order valence-corrected chi connectivity index (χ0v) is 16.2. The summed E-state index contributed by atoms with van der Waals surface area (Å²) >= 11 is 2.05. The van der Waals surface area contributed by atoms with Gasteiger partial charge in [-0.25, -0.2) is 0 Å². The van der Waals surface area contributed by atoms with Gasteiger partial charge in [0.05, 0.1) is 6.10 Å². The molecule has 134 valence electrons. The second-order valence-electron chi connectivity index (χ2n) is 7.84. The molecule has 0 radical (unpaired) electrons. The number of rotatable bonds is 4. The van der Waals surface area contributed by atoms with E-state index < -0.39 is 0 Å². The molecule has 2 aliphatic rings. The molecule has 3 atom stereocenters. The Hall–Kier alpha value is -0.420. The maximum absolute atomic E-state index is 6.08. The molecule has 0 bridgehead atoms. The number of nitrogens with zero attached hydrogens (tertiary/aromatic N) is 1. The van der Waals surface area contributed by atoms with Gasteiger partial charge in [0.15, 0.2) is 5.96 Å². The van der Waals surface area contributed by atoms with Crippen LogP contribution in [0.2, 0.25) is 0 Å². The number of hydrogen-bond donors (Lipinski definition) is 2. The van der Waals surface area contributed by atoms with Crippen LogP contribution in [0.25, 0.3) is 0 Å². The number of thioether (sulfide) groups is 1. The second-order valence-corrected chi connectivity index (χ2v) is 8.99. The van der Waals surface area contributed by atoms with Gasteiger partial charge in [0, 0.05) is 37.4 Å². The molecule has 2 aliphatic heterocycles. The van der Waals surface area contributed by atoms with Crippen LogP contribution in [0.1, 0.15) is 53.4 Å². The van der Waals surface area contributed by atoms with Gasteiger partial charge in [-0.15, -0.1) is 0 Å². The Kier molecular flexibility index (Phi) is 7.54. The van der Waals surface area contributed by atoms with Crippen molar-refractivity contribution in [1.29, 1.82) is 0 Å². The minimum absolute atomic E-state index is 0.187. The Morgan fingerprint density at radius 3 is 2.74 bits per heavy atom. The Morgan fingerprint density at radius 1 is 1.26 bits per heavy atom. The molecule has 0 aromatic heterocycles. The van der Waals surface area contributed by atoms with Crippen LogP contribution < -0.4 is 10.6 Å². The first-order chi connectivity index (χ1) is 11.0. The van der Waals surface area contributed by atoms with Crippen molar-refractivity contribution in [2.75, 3.05) is 31.2 Å². The van der Waals surface area contributed by atoms with Crippen molar-refractivity contribution in [3.05, 3.63) is 0 Å². The molecule has 2 rings (SSSR count). The SMILES string of the molecule is CCNC(=NCC1CCCOC1C(C)(C)C)NC1CCCSC1. The van der Waals surface area contributed by atoms with Crippen molar-refractivity contribution in [2.45, 2.75) is 65.5 Å². The van der Waals surface area contributed by atoms with E-state index in [0.717, 1.165) is 32.1 Å². The van der Waals surface area contributed by atoms with Gasteiger partial charge in [-0.05, 0) is 43.8 Å². The zero-order chi connectivity index (χ0) is 16.7. The molecular weight excluding hydrogens is 306 g/mol. The van der Waals surface area contributed by atoms with Gasteiger partial charge in [0.1, 0.15) is 0 Å².